The largest absolute Gasteiger partial charge is 0.267 e. The van der Waals surface area contributed by atoms with Gasteiger partial charge in [0.1, 0.15) is 0 Å². The normalized spacial score (nSPS) is 11.8. The molecule has 16 heavy (non-hydrogen) atoms. The van der Waals surface area contributed by atoms with E-state index in [0.29, 0.717) is 0 Å². The smallest absolute Gasteiger partial charge is 0.0923 e. The van der Waals surface area contributed by atoms with E-state index < -0.39 is 0 Å². The third kappa shape index (κ3) is 2.27. The van der Waals surface area contributed by atoms with Gasteiger partial charge in [0.15, 0.2) is 0 Å². The number of benzene rings is 1. The lowest BCUT2D eigenvalue weighted by molar-refractivity contribution is 0.356. The number of hydrogen-bond donors (Lipinski definition) is 0. The summed E-state index contributed by atoms with van der Waals surface area (Å²) in [5, 5.41) is 5.30. The van der Waals surface area contributed by atoms with E-state index in [4.69, 9.17) is 11.6 Å². The van der Waals surface area contributed by atoms with Gasteiger partial charge in [-0.15, -0.1) is 0 Å². The highest BCUT2D eigenvalue weighted by molar-refractivity contribution is 6.30. The Labute approximate surface area is 101 Å². The number of halogens is 1. The van der Waals surface area contributed by atoms with Gasteiger partial charge in [-0.25, -0.2) is 0 Å². The molecule has 0 aliphatic carbocycles. The molecular weight excluding hydrogens is 220 g/mol. The van der Waals surface area contributed by atoms with Crippen LogP contribution in [0.15, 0.2) is 36.5 Å². The van der Waals surface area contributed by atoms with Crippen LogP contribution in [0.4, 0.5) is 0 Å². The van der Waals surface area contributed by atoms with Crippen LogP contribution in [0.1, 0.15) is 20.8 Å². The number of aromatic nitrogens is 2. The molecule has 0 N–H and O–H groups in total. The highest BCUT2D eigenvalue weighted by Crippen LogP contribution is 2.21. The van der Waals surface area contributed by atoms with Crippen molar-refractivity contribution in [2.24, 2.45) is 0 Å². The molecule has 2 aromatic rings. The molecule has 0 unspecified atom stereocenters. The van der Waals surface area contributed by atoms with Gasteiger partial charge >= 0.3 is 0 Å². The molecule has 3 heteroatoms. The fraction of sp³-hybridized carbons (Fsp3) is 0.308. The third-order valence-corrected chi connectivity index (χ3v) is 2.67. The summed E-state index contributed by atoms with van der Waals surface area (Å²) in [5.74, 6) is 0. The molecule has 2 rings (SSSR count). The van der Waals surface area contributed by atoms with Crippen molar-refractivity contribution in [2.75, 3.05) is 0 Å². The quantitative estimate of drug-likeness (QED) is 0.730. The van der Waals surface area contributed by atoms with Crippen LogP contribution in [0, 0.1) is 0 Å². The second kappa shape index (κ2) is 3.95. The molecule has 0 amide bonds. The van der Waals surface area contributed by atoms with Gasteiger partial charge in [0, 0.05) is 16.8 Å². The average Bonchev–Trinajstić information content (AvgIpc) is 2.67. The van der Waals surface area contributed by atoms with E-state index in [9.17, 15) is 0 Å². The van der Waals surface area contributed by atoms with Crippen LogP contribution in [0.25, 0.3) is 11.3 Å². The van der Waals surface area contributed by atoms with Gasteiger partial charge in [-0.1, -0.05) is 23.7 Å². The van der Waals surface area contributed by atoms with Gasteiger partial charge in [-0.2, -0.15) is 5.10 Å². The van der Waals surface area contributed by atoms with Crippen molar-refractivity contribution < 1.29 is 0 Å². The Morgan fingerprint density at radius 2 is 1.69 bits per heavy atom. The molecule has 1 aromatic carbocycles. The molecule has 0 spiro atoms. The first kappa shape index (κ1) is 11.2. The van der Waals surface area contributed by atoms with Crippen LogP contribution in [0.3, 0.4) is 0 Å². The Hall–Kier alpha value is -1.28. The SMILES string of the molecule is CC(C)(C)n1ccc(-c2ccc(Cl)cc2)n1. The first-order valence-electron chi connectivity index (χ1n) is 5.29. The molecule has 0 aliphatic heterocycles. The zero-order chi connectivity index (χ0) is 11.8. The average molecular weight is 235 g/mol. The highest BCUT2D eigenvalue weighted by Gasteiger charge is 2.14. The van der Waals surface area contributed by atoms with Crippen LogP contribution >= 0.6 is 11.6 Å². The van der Waals surface area contributed by atoms with Crippen molar-refractivity contribution in [1.29, 1.82) is 0 Å². The summed E-state index contributed by atoms with van der Waals surface area (Å²) >= 11 is 5.85. The van der Waals surface area contributed by atoms with Gasteiger partial charge in [0.2, 0.25) is 0 Å². The monoisotopic (exact) mass is 234 g/mol. The molecule has 0 saturated heterocycles. The molecule has 0 aliphatic rings. The van der Waals surface area contributed by atoms with E-state index in [1.54, 1.807) is 0 Å². The predicted octanol–water partition coefficient (Wildman–Crippen LogP) is 3.96. The minimum absolute atomic E-state index is 0.0185. The van der Waals surface area contributed by atoms with Gasteiger partial charge in [-0.05, 0) is 39.0 Å². The summed E-state index contributed by atoms with van der Waals surface area (Å²) in [4.78, 5) is 0. The Kier molecular flexibility index (Phi) is 2.76. The second-order valence-corrected chi connectivity index (χ2v) is 5.26. The Morgan fingerprint density at radius 3 is 2.19 bits per heavy atom. The van der Waals surface area contributed by atoms with Crippen molar-refractivity contribution in [2.45, 2.75) is 26.3 Å². The maximum Gasteiger partial charge on any atom is 0.0923 e. The van der Waals surface area contributed by atoms with Gasteiger partial charge in [0.05, 0.1) is 11.2 Å². The molecule has 0 fully saturated rings. The summed E-state index contributed by atoms with van der Waals surface area (Å²) in [6.07, 6.45) is 2.00. The first-order chi connectivity index (χ1) is 7.47. The molecule has 0 radical (unpaired) electrons. The van der Waals surface area contributed by atoms with Crippen molar-refractivity contribution in [3.63, 3.8) is 0 Å². The molecule has 2 nitrogen and oxygen atoms in total. The van der Waals surface area contributed by atoms with Crippen molar-refractivity contribution in [3.8, 4) is 11.3 Å². The van der Waals surface area contributed by atoms with Crippen LogP contribution in [0.2, 0.25) is 5.02 Å². The van der Waals surface area contributed by atoms with Crippen LogP contribution in [0.5, 0.6) is 0 Å². The summed E-state index contributed by atoms with van der Waals surface area (Å²) in [5.41, 5.74) is 2.09. The van der Waals surface area contributed by atoms with Crippen LogP contribution in [-0.2, 0) is 5.54 Å². The lowest BCUT2D eigenvalue weighted by atomic mass is 10.1. The Morgan fingerprint density at radius 1 is 1.06 bits per heavy atom. The maximum absolute atomic E-state index is 5.85. The number of rotatable bonds is 1. The second-order valence-electron chi connectivity index (χ2n) is 4.82. The lowest BCUT2D eigenvalue weighted by Gasteiger charge is -2.18. The summed E-state index contributed by atoms with van der Waals surface area (Å²) in [6, 6.07) is 9.75. The van der Waals surface area contributed by atoms with E-state index in [-0.39, 0.29) is 5.54 Å². The van der Waals surface area contributed by atoms with Crippen LogP contribution < -0.4 is 0 Å². The molecule has 1 aromatic heterocycles. The Balaban J connectivity index is 2.35. The summed E-state index contributed by atoms with van der Waals surface area (Å²) < 4.78 is 1.97. The van der Waals surface area contributed by atoms with Gasteiger partial charge in [0.25, 0.3) is 0 Å². The van der Waals surface area contributed by atoms with Crippen molar-refractivity contribution >= 4 is 11.6 Å². The molecule has 0 saturated carbocycles. The molecular formula is C13H15ClN2. The fourth-order valence-electron chi connectivity index (χ4n) is 1.47. The zero-order valence-electron chi connectivity index (χ0n) is 9.74. The summed E-state index contributed by atoms with van der Waals surface area (Å²) in [7, 11) is 0. The van der Waals surface area contributed by atoms with Gasteiger partial charge < -0.3 is 0 Å². The minimum Gasteiger partial charge on any atom is -0.267 e. The van der Waals surface area contributed by atoms with Crippen molar-refractivity contribution in [1.82, 2.24) is 9.78 Å². The van der Waals surface area contributed by atoms with E-state index in [0.717, 1.165) is 16.3 Å². The van der Waals surface area contributed by atoms with Gasteiger partial charge in [-0.3, -0.25) is 4.68 Å². The van der Waals surface area contributed by atoms with E-state index >= 15 is 0 Å². The maximum atomic E-state index is 5.85. The Bertz CT molecular complexity index is 477. The summed E-state index contributed by atoms with van der Waals surface area (Å²) in [6.45, 7) is 6.39. The predicted molar refractivity (Wildman–Crippen MR) is 67.7 cm³/mol. The molecule has 0 bridgehead atoms. The highest BCUT2D eigenvalue weighted by atomic mass is 35.5. The van der Waals surface area contributed by atoms with E-state index in [1.165, 1.54) is 0 Å². The van der Waals surface area contributed by atoms with E-state index in [1.807, 2.05) is 41.2 Å². The van der Waals surface area contributed by atoms with Crippen LogP contribution in [-0.4, -0.2) is 9.78 Å². The standard InChI is InChI=1S/C13H15ClN2/c1-13(2,3)16-9-8-12(15-16)10-4-6-11(14)7-5-10/h4-9H,1-3H3. The number of nitrogens with zero attached hydrogens (tertiary/aromatic N) is 2. The molecule has 84 valence electrons. The van der Waals surface area contributed by atoms with Crippen molar-refractivity contribution in [3.05, 3.63) is 41.6 Å². The molecule has 0 atom stereocenters. The fourth-order valence-corrected chi connectivity index (χ4v) is 1.60. The zero-order valence-corrected chi connectivity index (χ0v) is 10.5. The first-order valence-corrected chi connectivity index (χ1v) is 5.67. The number of hydrogen-bond acceptors (Lipinski definition) is 1. The topological polar surface area (TPSA) is 17.8 Å². The van der Waals surface area contributed by atoms with E-state index in [2.05, 4.69) is 25.9 Å². The minimum atomic E-state index is 0.0185. The lowest BCUT2D eigenvalue weighted by Crippen LogP contribution is -2.22. The molecule has 1 heterocycles. The third-order valence-electron chi connectivity index (χ3n) is 2.42.